The standard InChI is InChI=1S/C19H22IN3O3S/c1-4-11-23-17-10-9-14(27(24,25)22(2)3)12-16(17)21-19(23)13-26-18-8-6-5-7-15(18)20/h5-10,12H,4,11,13H2,1-3H3. The van der Waals surface area contributed by atoms with Crippen LogP contribution in [0.5, 0.6) is 5.75 Å². The summed E-state index contributed by atoms with van der Waals surface area (Å²) in [4.78, 5) is 4.90. The second-order valence-electron chi connectivity index (χ2n) is 6.34. The van der Waals surface area contributed by atoms with Crippen molar-refractivity contribution in [1.29, 1.82) is 0 Å². The minimum Gasteiger partial charge on any atom is -0.485 e. The molecule has 3 aromatic rings. The van der Waals surface area contributed by atoms with E-state index in [0.717, 1.165) is 33.6 Å². The first-order valence-electron chi connectivity index (χ1n) is 8.63. The fourth-order valence-corrected chi connectivity index (χ4v) is 4.28. The van der Waals surface area contributed by atoms with Crippen molar-refractivity contribution in [3.05, 3.63) is 51.9 Å². The molecule has 0 aliphatic carbocycles. The van der Waals surface area contributed by atoms with E-state index < -0.39 is 10.0 Å². The number of sulfonamides is 1. The van der Waals surface area contributed by atoms with Gasteiger partial charge in [0.25, 0.3) is 0 Å². The predicted octanol–water partition coefficient (Wildman–Crippen LogP) is 3.88. The first-order chi connectivity index (χ1) is 12.8. The van der Waals surface area contributed by atoms with E-state index in [0.29, 0.717) is 12.1 Å². The molecule has 0 unspecified atom stereocenters. The van der Waals surface area contributed by atoms with Crippen LogP contribution < -0.4 is 4.74 Å². The molecule has 144 valence electrons. The topological polar surface area (TPSA) is 64.4 Å². The fourth-order valence-electron chi connectivity index (χ4n) is 2.82. The second-order valence-corrected chi connectivity index (χ2v) is 9.65. The number of rotatable bonds is 7. The summed E-state index contributed by atoms with van der Waals surface area (Å²) in [5, 5.41) is 0. The minimum atomic E-state index is -3.49. The molecule has 2 aromatic carbocycles. The number of para-hydroxylation sites is 1. The molecule has 3 rings (SSSR count). The predicted molar refractivity (Wildman–Crippen MR) is 114 cm³/mol. The summed E-state index contributed by atoms with van der Waals surface area (Å²) in [6, 6.07) is 12.9. The maximum atomic E-state index is 12.4. The summed E-state index contributed by atoms with van der Waals surface area (Å²) in [6.07, 6.45) is 0.944. The summed E-state index contributed by atoms with van der Waals surface area (Å²) >= 11 is 2.24. The molecule has 0 amide bonds. The van der Waals surface area contributed by atoms with Crippen LogP contribution in [0.4, 0.5) is 0 Å². The summed E-state index contributed by atoms with van der Waals surface area (Å²) < 4.78 is 35.1. The molecule has 0 atom stereocenters. The van der Waals surface area contributed by atoms with Gasteiger partial charge >= 0.3 is 0 Å². The summed E-state index contributed by atoms with van der Waals surface area (Å²) in [5.41, 5.74) is 1.57. The molecule has 0 saturated carbocycles. The molecule has 27 heavy (non-hydrogen) atoms. The van der Waals surface area contributed by atoms with Gasteiger partial charge in [0, 0.05) is 20.6 Å². The Hall–Kier alpha value is -1.65. The lowest BCUT2D eigenvalue weighted by Crippen LogP contribution is -2.22. The van der Waals surface area contributed by atoms with Crippen LogP contribution in [0.15, 0.2) is 47.4 Å². The van der Waals surface area contributed by atoms with Crippen molar-refractivity contribution in [2.75, 3.05) is 14.1 Å². The molecule has 0 radical (unpaired) electrons. The number of imidazole rings is 1. The minimum absolute atomic E-state index is 0.242. The molecule has 0 saturated heterocycles. The van der Waals surface area contributed by atoms with Gasteiger partial charge in [-0.25, -0.2) is 17.7 Å². The Labute approximate surface area is 173 Å². The number of nitrogens with zero attached hydrogens (tertiary/aromatic N) is 3. The number of benzene rings is 2. The largest absolute Gasteiger partial charge is 0.485 e. The van der Waals surface area contributed by atoms with Gasteiger partial charge in [-0.3, -0.25) is 0 Å². The first-order valence-corrected chi connectivity index (χ1v) is 11.2. The number of aryl methyl sites for hydroxylation is 1. The number of halogens is 1. The van der Waals surface area contributed by atoms with Crippen LogP contribution in [0.1, 0.15) is 19.2 Å². The SMILES string of the molecule is CCCn1c(COc2ccccc2I)nc2cc(S(=O)(=O)N(C)C)ccc21. The highest BCUT2D eigenvalue weighted by molar-refractivity contribution is 14.1. The molecule has 0 fully saturated rings. The van der Waals surface area contributed by atoms with Crippen LogP contribution in [0.25, 0.3) is 11.0 Å². The van der Waals surface area contributed by atoms with Crippen molar-refractivity contribution in [3.63, 3.8) is 0 Å². The van der Waals surface area contributed by atoms with E-state index in [1.165, 1.54) is 18.4 Å². The molecule has 0 aliphatic heterocycles. The summed E-state index contributed by atoms with van der Waals surface area (Å²) in [7, 11) is -0.446. The lowest BCUT2D eigenvalue weighted by molar-refractivity contribution is 0.288. The molecular formula is C19H22IN3O3S. The molecule has 1 aromatic heterocycles. The van der Waals surface area contributed by atoms with Crippen molar-refractivity contribution in [2.45, 2.75) is 31.4 Å². The van der Waals surface area contributed by atoms with Crippen molar-refractivity contribution < 1.29 is 13.2 Å². The third-order valence-electron chi connectivity index (χ3n) is 4.22. The number of hydrogen-bond donors (Lipinski definition) is 0. The van der Waals surface area contributed by atoms with E-state index in [4.69, 9.17) is 4.74 Å². The Morgan fingerprint density at radius 3 is 2.59 bits per heavy atom. The van der Waals surface area contributed by atoms with Gasteiger partial charge < -0.3 is 9.30 Å². The first kappa shape index (κ1) is 20.1. The summed E-state index contributed by atoms with van der Waals surface area (Å²) in [6.45, 7) is 3.22. The molecule has 6 nitrogen and oxygen atoms in total. The molecule has 0 N–H and O–H groups in total. The Balaban J connectivity index is 1.99. The van der Waals surface area contributed by atoms with Crippen molar-refractivity contribution in [2.24, 2.45) is 0 Å². The highest BCUT2D eigenvalue weighted by atomic mass is 127. The Morgan fingerprint density at radius 1 is 1.19 bits per heavy atom. The second kappa shape index (κ2) is 8.15. The zero-order valence-electron chi connectivity index (χ0n) is 15.5. The zero-order valence-corrected chi connectivity index (χ0v) is 18.5. The highest BCUT2D eigenvalue weighted by Crippen LogP contribution is 2.25. The average molecular weight is 499 g/mol. The maximum Gasteiger partial charge on any atom is 0.242 e. The van der Waals surface area contributed by atoms with Crippen LogP contribution >= 0.6 is 22.6 Å². The molecule has 0 bridgehead atoms. The Morgan fingerprint density at radius 2 is 1.93 bits per heavy atom. The van der Waals surface area contributed by atoms with Crippen molar-refractivity contribution >= 4 is 43.6 Å². The molecule has 0 spiro atoms. The quantitative estimate of drug-likeness (QED) is 0.463. The monoisotopic (exact) mass is 499 g/mol. The van der Waals surface area contributed by atoms with Crippen LogP contribution in [0, 0.1) is 3.57 Å². The Bertz CT molecular complexity index is 1060. The molecule has 0 aliphatic rings. The highest BCUT2D eigenvalue weighted by Gasteiger charge is 2.20. The van der Waals surface area contributed by atoms with Gasteiger partial charge in [0.05, 0.1) is 19.5 Å². The summed E-state index contributed by atoms with van der Waals surface area (Å²) in [5.74, 6) is 1.59. The number of fused-ring (bicyclic) bond motifs is 1. The van der Waals surface area contributed by atoms with Gasteiger partial charge in [-0.2, -0.15) is 0 Å². The van der Waals surface area contributed by atoms with Crippen LogP contribution in [0.3, 0.4) is 0 Å². The van der Waals surface area contributed by atoms with Gasteiger partial charge in [0.1, 0.15) is 18.2 Å². The van der Waals surface area contributed by atoms with Gasteiger partial charge in [-0.05, 0) is 59.3 Å². The third-order valence-corrected chi connectivity index (χ3v) is 6.92. The van der Waals surface area contributed by atoms with E-state index in [1.807, 2.05) is 30.3 Å². The van der Waals surface area contributed by atoms with E-state index in [1.54, 1.807) is 12.1 Å². The van der Waals surface area contributed by atoms with Gasteiger partial charge in [-0.1, -0.05) is 19.1 Å². The fraction of sp³-hybridized carbons (Fsp3) is 0.316. The number of hydrogen-bond acceptors (Lipinski definition) is 4. The molecule has 1 heterocycles. The average Bonchev–Trinajstić information content (AvgIpc) is 2.98. The van der Waals surface area contributed by atoms with Crippen molar-refractivity contribution in [1.82, 2.24) is 13.9 Å². The number of ether oxygens (including phenoxy) is 1. The van der Waals surface area contributed by atoms with Gasteiger partial charge in [-0.15, -0.1) is 0 Å². The molecule has 8 heteroatoms. The van der Waals surface area contributed by atoms with Crippen LogP contribution in [-0.4, -0.2) is 36.4 Å². The van der Waals surface area contributed by atoms with Crippen LogP contribution in [0.2, 0.25) is 0 Å². The van der Waals surface area contributed by atoms with E-state index in [2.05, 4.69) is 39.1 Å². The third kappa shape index (κ3) is 4.12. The zero-order chi connectivity index (χ0) is 19.6. The Kier molecular flexibility index (Phi) is 6.07. The smallest absolute Gasteiger partial charge is 0.242 e. The van der Waals surface area contributed by atoms with Gasteiger partial charge in [0.15, 0.2) is 0 Å². The van der Waals surface area contributed by atoms with Crippen molar-refractivity contribution in [3.8, 4) is 5.75 Å². The van der Waals surface area contributed by atoms with E-state index >= 15 is 0 Å². The molecular weight excluding hydrogens is 477 g/mol. The van der Waals surface area contributed by atoms with Gasteiger partial charge in [0.2, 0.25) is 10.0 Å². The van der Waals surface area contributed by atoms with Crippen LogP contribution in [-0.2, 0) is 23.2 Å². The van der Waals surface area contributed by atoms with E-state index in [9.17, 15) is 8.42 Å². The normalized spacial score (nSPS) is 12.0. The van der Waals surface area contributed by atoms with E-state index in [-0.39, 0.29) is 4.90 Å². The lowest BCUT2D eigenvalue weighted by Gasteiger charge is -2.12. The maximum absolute atomic E-state index is 12.4. The lowest BCUT2D eigenvalue weighted by atomic mass is 10.3. The number of aromatic nitrogens is 2.